The van der Waals surface area contributed by atoms with E-state index in [0.717, 1.165) is 73.3 Å². The molecule has 3 aromatic rings. The Labute approximate surface area is 182 Å². The van der Waals surface area contributed by atoms with Gasteiger partial charge in [-0.25, -0.2) is 24.9 Å². The Bertz CT molecular complexity index is 1020. The molecule has 3 aromatic heterocycles. The van der Waals surface area contributed by atoms with Crippen molar-refractivity contribution in [1.29, 1.82) is 0 Å². The average molecular weight is 422 g/mol. The first kappa shape index (κ1) is 20.3. The first-order chi connectivity index (χ1) is 15.2. The van der Waals surface area contributed by atoms with Crippen molar-refractivity contribution in [3.05, 3.63) is 24.5 Å². The van der Waals surface area contributed by atoms with Crippen LogP contribution in [0, 0.1) is 6.92 Å². The second-order valence-corrected chi connectivity index (χ2v) is 8.63. The lowest BCUT2D eigenvalue weighted by molar-refractivity contribution is 0.262. The van der Waals surface area contributed by atoms with E-state index in [1.54, 1.807) is 6.33 Å². The number of rotatable bonds is 6. The van der Waals surface area contributed by atoms with Gasteiger partial charge in [-0.15, -0.1) is 0 Å². The van der Waals surface area contributed by atoms with Gasteiger partial charge in [0.05, 0.1) is 5.56 Å². The van der Waals surface area contributed by atoms with Crippen LogP contribution < -0.4 is 10.6 Å². The number of imidazole rings is 1. The molecule has 5 rings (SSSR count). The summed E-state index contributed by atoms with van der Waals surface area (Å²) in [6.45, 7) is 9.21. The molecule has 2 fully saturated rings. The van der Waals surface area contributed by atoms with Crippen LogP contribution >= 0.6 is 0 Å². The quantitative estimate of drug-likeness (QED) is 0.626. The van der Waals surface area contributed by atoms with E-state index >= 15 is 0 Å². The maximum Gasteiger partial charge on any atom is 0.165 e. The molecule has 2 aliphatic heterocycles. The van der Waals surface area contributed by atoms with Crippen LogP contribution in [0.1, 0.15) is 38.4 Å². The zero-order valence-electron chi connectivity index (χ0n) is 18.4. The van der Waals surface area contributed by atoms with Gasteiger partial charge in [0.1, 0.15) is 18.0 Å². The summed E-state index contributed by atoms with van der Waals surface area (Å²) >= 11 is 0. The smallest absolute Gasteiger partial charge is 0.165 e. The Morgan fingerprint density at radius 1 is 1.13 bits per heavy atom. The molecule has 2 saturated heterocycles. The van der Waals surface area contributed by atoms with Crippen LogP contribution in [0.2, 0.25) is 0 Å². The number of piperidine rings is 1. The van der Waals surface area contributed by atoms with E-state index in [9.17, 15) is 0 Å². The van der Waals surface area contributed by atoms with E-state index in [4.69, 9.17) is 4.98 Å². The second-order valence-electron chi connectivity index (χ2n) is 8.63. The Hall–Kier alpha value is -2.65. The minimum absolute atomic E-state index is 0.375. The van der Waals surface area contributed by atoms with Crippen molar-refractivity contribution < 1.29 is 0 Å². The molecule has 9 heteroatoms. The van der Waals surface area contributed by atoms with E-state index in [1.807, 2.05) is 19.3 Å². The summed E-state index contributed by atoms with van der Waals surface area (Å²) in [4.78, 5) is 25.2. The number of nitrogens with one attached hydrogen (secondary N) is 2. The lowest BCUT2D eigenvalue weighted by Gasteiger charge is -2.28. The summed E-state index contributed by atoms with van der Waals surface area (Å²) in [7, 11) is 0. The van der Waals surface area contributed by atoms with E-state index in [0.29, 0.717) is 12.1 Å². The normalized spacial score (nSPS) is 22.3. The fourth-order valence-corrected chi connectivity index (χ4v) is 4.77. The Kier molecular flexibility index (Phi) is 5.78. The molecule has 0 aromatic carbocycles. The summed E-state index contributed by atoms with van der Waals surface area (Å²) in [6.07, 6.45) is 10.3. The van der Waals surface area contributed by atoms with Gasteiger partial charge in [0.2, 0.25) is 0 Å². The number of likely N-dealkylation sites (tertiary alicyclic amines) is 1. The van der Waals surface area contributed by atoms with Gasteiger partial charge in [-0.3, -0.25) is 4.90 Å². The molecule has 0 radical (unpaired) electrons. The van der Waals surface area contributed by atoms with Crippen molar-refractivity contribution in [3.63, 3.8) is 0 Å². The molecule has 2 aliphatic rings. The van der Waals surface area contributed by atoms with Gasteiger partial charge in [0, 0.05) is 50.7 Å². The van der Waals surface area contributed by atoms with Gasteiger partial charge in [-0.1, -0.05) is 6.42 Å². The highest BCUT2D eigenvalue weighted by molar-refractivity contribution is 5.86. The van der Waals surface area contributed by atoms with Crippen LogP contribution in [0.5, 0.6) is 0 Å². The topological polar surface area (TPSA) is 96.7 Å². The third-order valence-electron chi connectivity index (χ3n) is 6.39. The van der Waals surface area contributed by atoms with Gasteiger partial charge in [-0.05, 0) is 39.7 Å². The highest BCUT2D eigenvalue weighted by Gasteiger charge is 2.27. The average Bonchev–Trinajstić information content (AvgIpc) is 3.39. The fourth-order valence-electron chi connectivity index (χ4n) is 4.77. The highest BCUT2D eigenvalue weighted by atomic mass is 15.2. The third-order valence-corrected chi connectivity index (χ3v) is 6.39. The van der Waals surface area contributed by atoms with Crippen molar-refractivity contribution in [1.82, 2.24) is 39.7 Å². The van der Waals surface area contributed by atoms with E-state index in [2.05, 4.69) is 47.0 Å². The monoisotopic (exact) mass is 421 g/mol. The standard InChI is InChI=1S/C22H31N9/c1-3-31-21(16-10-24-15(2)25-11-16)29-19-20(26-14-27-22(19)31)28-18-7-9-30(13-18)12-17-6-4-5-8-23-17/h10-11,14,17-18,23H,3-9,12-13H2,1-2H3,(H,26,27,28). The molecule has 2 unspecified atom stereocenters. The summed E-state index contributed by atoms with van der Waals surface area (Å²) in [5.74, 6) is 2.39. The minimum atomic E-state index is 0.375. The number of fused-ring (bicyclic) bond motifs is 1. The zero-order valence-corrected chi connectivity index (χ0v) is 18.4. The molecule has 31 heavy (non-hydrogen) atoms. The van der Waals surface area contributed by atoms with E-state index in [-0.39, 0.29) is 0 Å². The summed E-state index contributed by atoms with van der Waals surface area (Å²) in [6, 6.07) is 1.01. The Balaban J connectivity index is 1.35. The Morgan fingerprint density at radius 3 is 2.77 bits per heavy atom. The number of nitrogens with zero attached hydrogens (tertiary/aromatic N) is 7. The molecule has 9 nitrogen and oxygen atoms in total. The molecule has 2 N–H and O–H groups in total. The van der Waals surface area contributed by atoms with Gasteiger partial charge in [0.25, 0.3) is 0 Å². The number of aryl methyl sites for hydroxylation is 2. The maximum atomic E-state index is 4.91. The fraction of sp³-hybridized carbons (Fsp3) is 0.591. The summed E-state index contributed by atoms with van der Waals surface area (Å²) in [5.41, 5.74) is 2.55. The number of anilines is 1. The van der Waals surface area contributed by atoms with Crippen LogP contribution in [0.25, 0.3) is 22.6 Å². The van der Waals surface area contributed by atoms with Gasteiger partial charge < -0.3 is 15.2 Å². The van der Waals surface area contributed by atoms with Crippen LogP contribution in [-0.4, -0.2) is 72.6 Å². The molecule has 164 valence electrons. The first-order valence-corrected chi connectivity index (χ1v) is 11.4. The van der Waals surface area contributed by atoms with Crippen molar-refractivity contribution in [2.24, 2.45) is 0 Å². The highest BCUT2D eigenvalue weighted by Crippen LogP contribution is 2.27. The number of hydrogen-bond acceptors (Lipinski definition) is 8. The molecule has 0 saturated carbocycles. The minimum Gasteiger partial charge on any atom is -0.364 e. The SMILES string of the molecule is CCn1c(-c2cnc(C)nc2)nc2c(NC3CCN(CC4CCCCN4)C3)ncnc21. The van der Waals surface area contributed by atoms with Gasteiger partial charge in [-0.2, -0.15) is 0 Å². The van der Waals surface area contributed by atoms with Crippen molar-refractivity contribution in [2.45, 2.75) is 58.2 Å². The lowest BCUT2D eigenvalue weighted by atomic mass is 10.0. The number of hydrogen-bond donors (Lipinski definition) is 2. The van der Waals surface area contributed by atoms with Crippen LogP contribution in [0.15, 0.2) is 18.7 Å². The van der Waals surface area contributed by atoms with Crippen molar-refractivity contribution in [3.8, 4) is 11.4 Å². The van der Waals surface area contributed by atoms with Crippen molar-refractivity contribution in [2.75, 3.05) is 31.5 Å². The molecule has 5 heterocycles. The zero-order chi connectivity index (χ0) is 21.2. The molecule has 0 bridgehead atoms. The molecule has 0 aliphatic carbocycles. The Morgan fingerprint density at radius 2 is 2.00 bits per heavy atom. The summed E-state index contributed by atoms with van der Waals surface area (Å²) in [5, 5.41) is 7.32. The second kappa shape index (κ2) is 8.84. The van der Waals surface area contributed by atoms with Gasteiger partial charge in [0.15, 0.2) is 17.0 Å². The van der Waals surface area contributed by atoms with Crippen LogP contribution in [0.3, 0.4) is 0 Å². The van der Waals surface area contributed by atoms with E-state index in [1.165, 1.54) is 19.3 Å². The summed E-state index contributed by atoms with van der Waals surface area (Å²) < 4.78 is 2.10. The maximum absolute atomic E-state index is 4.91. The molecular formula is C22H31N9. The van der Waals surface area contributed by atoms with Crippen LogP contribution in [-0.2, 0) is 6.54 Å². The molecule has 2 atom stereocenters. The predicted molar refractivity (Wildman–Crippen MR) is 121 cm³/mol. The van der Waals surface area contributed by atoms with Crippen molar-refractivity contribution >= 4 is 17.0 Å². The first-order valence-electron chi connectivity index (χ1n) is 11.4. The molecule has 0 spiro atoms. The number of aromatic nitrogens is 6. The van der Waals surface area contributed by atoms with Gasteiger partial charge >= 0.3 is 0 Å². The predicted octanol–water partition coefficient (Wildman–Crippen LogP) is 2.24. The van der Waals surface area contributed by atoms with E-state index < -0.39 is 0 Å². The largest absolute Gasteiger partial charge is 0.364 e. The lowest BCUT2D eigenvalue weighted by Crippen LogP contribution is -2.43. The molecule has 0 amide bonds. The molecular weight excluding hydrogens is 390 g/mol. The van der Waals surface area contributed by atoms with Crippen LogP contribution in [0.4, 0.5) is 5.82 Å². The third kappa shape index (κ3) is 4.24.